The lowest BCUT2D eigenvalue weighted by atomic mass is 10.0. The van der Waals surface area contributed by atoms with Crippen LogP contribution in [0.15, 0.2) is 53.6 Å². The zero-order valence-corrected chi connectivity index (χ0v) is 36.5. The van der Waals surface area contributed by atoms with Gasteiger partial charge in [-0.25, -0.2) is 15.0 Å². The van der Waals surface area contributed by atoms with E-state index in [-0.39, 0.29) is 60.9 Å². The van der Waals surface area contributed by atoms with E-state index in [0.29, 0.717) is 83.4 Å². The van der Waals surface area contributed by atoms with Gasteiger partial charge in [-0.1, -0.05) is 25.0 Å². The molecule has 4 N–H and O–H groups in total. The fourth-order valence-corrected chi connectivity index (χ4v) is 8.33. The molecule has 0 unspecified atom stereocenters. The van der Waals surface area contributed by atoms with Crippen molar-refractivity contribution in [3.63, 3.8) is 0 Å². The topological polar surface area (TPSA) is 228 Å². The number of rotatable bonds is 19. The maximum atomic E-state index is 13.5. The number of aryl methyl sites for hydroxylation is 2. The third-order valence-electron chi connectivity index (χ3n) is 11.0. The molecule has 1 aromatic carbocycles. The summed E-state index contributed by atoms with van der Waals surface area (Å²) in [5.74, 6) is 0.410. The molecule has 20 heteroatoms. The summed E-state index contributed by atoms with van der Waals surface area (Å²) in [6, 6.07) is 10.6. The van der Waals surface area contributed by atoms with Crippen LogP contribution in [0.4, 0.5) is 28.3 Å². The average Bonchev–Trinajstić information content (AvgIpc) is 3.95. The van der Waals surface area contributed by atoms with Gasteiger partial charge in [-0.3, -0.25) is 38.8 Å². The summed E-state index contributed by atoms with van der Waals surface area (Å²) in [6.07, 6.45) is 7.35. The molecule has 1 aliphatic carbocycles. The maximum Gasteiger partial charge on any atom is 0.263 e. The molecule has 4 aromatic heterocycles. The minimum atomic E-state index is -0.398. The van der Waals surface area contributed by atoms with Gasteiger partial charge in [0, 0.05) is 61.9 Å². The summed E-state index contributed by atoms with van der Waals surface area (Å²) in [7, 11) is 0. The standard InChI is InChI=1S/C43H52N12O7S/c1-27-33-25-46-42(50-39(33)55(30-8-4-5-9-30)41(60)38(27)28(2)56)49-35-13-12-31(24-45-35)54-18-16-53(17-19-54)26-37(58)44-15-21-62-23-22-61-20-14-36(57)48-34-11-7-6-10-32(34)40(59)51-43-47-29(3)52-63-43/h6-7,10-13,24-25,30H,4-5,8-9,14-23,26H2,1-3H3,(H,44,58)(H,48,57)(H,45,46,49,50)(H,47,51,52,59). The Balaban J connectivity index is 0.765. The number of piperazine rings is 1. The minimum absolute atomic E-state index is 0.00703. The number of fused-ring (bicyclic) bond motifs is 1. The van der Waals surface area contributed by atoms with Crippen molar-refractivity contribution in [1.82, 2.24) is 39.1 Å². The molecule has 1 saturated heterocycles. The van der Waals surface area contributed by atoms with Crippen molar-refractivity contribution in [1.29, 1.82) is 0 Å². The molecule has 5 heterocycles. The molecule has 1 aliphatic heterocycles. The van der Waals surface area contributed by atoms with Gasteiger partial charge >= 0.3 is 0 Å². The predicted molar refractivity (Wildman–Crippen MR) is 239 cm³/mol. The smallest absolute Gasteiger partial charge is 0.263 e. The quantitative estimate of drug-likeness (QED) is 0.0671. The molecular formula is C43H52N12O7S. The SMILES string of the molecule is CC(=O)c1c(C)c2cnc(Nc3ccc(N4CCN(CC(=O)NCCOCCOCCC(=O)Nc5ccccc5C(=O)Nc5nc(C)ns5)CC4)cn3)nc2n(C2CCCC2)c1=O. The van der Waals surface area contributed by atoms with E-state index >= 15 is 0 Å². The Morgan fingerprint density at radius 2 is 1.62 bits per heavy atom. The van der Waals surface area contributed by atoms with Crippen LogP contribution < -0.4 is 31.7 Å². The van der Waals surface area contributed by atoms with Crippen molar-refractivity contribution >= 4 is 74.3 Å². The summed E-state index contributed by atoms with van der Waals surface area (Å²) in [5.41, 5.74) is 2.68. The van der Waals surface area contributed by atoms with E-state index in [1.54, 1.807) is 55.1 Å². The molecule has 7 rings (SSSR count). The van der Waals surface area contributed by atoms with Crippen molar-refractivity contribution in [3.05, 3.63) is 81.7 Å². The van der Waals surface area contributed by atoms with Crippen LogP contribution in [-0.2, 0) is 19.1 Å². The van der Waals surface area contributed by atoms with E-state index in [0.717, 1.165) is 56.0 Å². The number of nitrogens with one attached hydrogen (secondary N) is 4. The van der Waals surface area contributed by atoms with Gasteiger partial charge in [-0.05, 0) is 63.4 Å². The molecule has 3 amide bonds. The van der Waals surface area contributed by atoms with Gasteiger partial charge in [0.15, 0.2) is 5.78 Å². The van der Waals surface area contributed by atoms with Crippen molar-refractivity contribution in [2.45, 2.75) is 58.9 Å². The van der Waals surface area contributed by atoms with Crippen LogP contribution in [0.5, 0.6) is 0 Å². The van der Waals surface area contributed by atoms with Crippen LogP contribution >= 0.6 is 11.5 Å². The van der Waals surface area contributed by atoms with E-state index in [1.807, 2.05) is 12.1 Å². The number of amides is 3. The second-order valence-corrected chi connectivity index (χ2v) is 16.2. The van der Waals surface area contributed by atoms with Crippen molar-refractivity contribution in [2.75, 3.05) is 86.5 Å². The number of hydrogen-bond donors (Lipinski definition) is 4. The molecule has 0 bridgehead atoms. The third kappa shape index (κ3) is 11.6. The highest BCUT2D eigenvalue weighted by Gasteiger charge is 2.26. The molecule has 1 saturated carbocycles. The predicted octanol–water partition coefficient (Wildman–Crippen LogP) is 4.27. The highest BCUT2D eigenvalue weighted by Crippen LogP contribution is 2.32. The van der Waals surface area contributed by atoms with E-state index in [4.69, 9.17) is 14.5 Å². The summed E-state index contributed by atoms with van der Waals surface area (Å²) in [6.45, 7) is 9.58. The molecule has 0 radical (unpaired) electrons. The molecule has 0 atom stereocenters. The first-order chi connectivity index (χ1) is 30.5. The van der Waals surface area contributed by atoms with Crippen molar-refractivity contribution < 1.29 is 28.7 Å². The van der Waals surface area contributed by atoms with Gasteiger partial charge in [0.2, 0.25) is 22.9 Å². The molecule has 2 aliphatic rings. The first kappa shape index (κ1) is 44.8. The average molecular weight is 881 g/mol. The number of nitrogens with zero attached hydrogens (tertiary/aromatic N) is 8. The van der Waals surface area contributed by atoms with Crippen LogP contribution in [0.2, 0.25) is 0 Å². The van der Waals surface area contributed by atoms with Gasteiger partial charge in [-0.15, -0.1) is 0 Å². The first-order valence-electron chi connectivity index (χ1n) is 21.1. The molecule has 2 fully saturated rings. The van der Waals surface area contributed by atoms with Gasteiger partial charge in [-0.2, -0.15) is 9.36 Å². The summed E-state index contributed by atoms with van der Waals surface area (Å²) >= 11 is 1.08. The zero-order chi connectivity index (χ0) is 44.3. The second-order valence-electron chi connectivity index (χ2n) is 15.4. The summed E-state index contributed by atoms with van der Waals surface area (Å²) in [5, 5.41) is 12.6. The third-order valence-corrected chi connectivity index (χ3v) is 11.7. The van der Waals surface area contributed by atoms with Crippen molar-refractivity contribution in [2.24, 2.45) is 0 Å². The normalized spacial score (nSPS) is 14.5. The number of aromatic nitrogens is 6. The number of ketones is 1. The number of hydrogen-bond acceptors (Lipinski definition) is 16. The Morgan fingerprint density at radius 1 is 0.857 bits per heavy atom. The monoisotopic (exact) mass is 880 g/mol. The lowest BCUT2D eigenvalue weighted by Crippen LogP contribution is -2.49. The number of anilines is 5. The van der Waals surface area contributed by atoms with Crippen LogP contribution in [0.1, 0.15) is 77.2 Å². The minimum Gasteiger partial charge on any atom is -0.379 e. The van der Waals surface area contributed by atoms with Crippen LogP contribution in [-0.4, -0.2) is 123 Å². The van der Waals surface area contributed by atoms with Gasteiger partial charge in [0.05, 0.1) is 68.1 Å². The number of carbonyl (C=O) groups is 4. The summed E-state index contributed by atoms with van der Waals surface area (Å²) in [4.78, 5) is 86.2. The lowest BCUT2D eigenvalue weighted by Gasteiger charge is -2.35. The largest absolute Gasteiger partial charge is 0.379 e. The number of para-hydroxylation sites is 1. The molecule has 5 aromatic rings. The molecule has 0 spiro atoms. The molecular weight excluding hydrogens is 829 g/mol. The Kier molecular flexibility index (Phi) is 15.1. The Morgan fingerprint density at radius 3 is 2.33 bits per heavy atom. The number of Topliss-reactive ketones (excluding diaryl/α,β-unsaturated/α-hetero) is 1. The van der Waals surface area contributed by atoms with Gasteiger partial charge in [0.1, 0.15) is 17.3 Å². The molecule has 63 heavy (non-hydrogen) atoms. The van der Waals surface area contributed by atoms with Crippen LogP contribution in [0, 0.1) is 13.8 Å². The van der Waals surface area contributed by atoms with Gasteiger partial charge < -0.3 is 30.3 Å². The highest BCUT2D eigenvalue weighted by molar-refractivity contribution is 7.09. The lowest BCUT2D eigenvalue weighted by molar-refractivity contribution is -0.122. The second kappa shape index (κ2) is 21.2. The molecule has 19 nitrogen and oxygen atoms in total. The van der Waals surface area contributed by atoms with Crippen LogP contribution in [0.25, 0.3) is 11.0 Å². The van der Waals surface area contributed by atoms with E-state index in [1.165, 1.54) is 6.92 Å². The Bertz CT molecular complexity index is 2480. The fraction of sp³-hybridized carbons (Fsp3) is 0.442. The maximum absolute atomic E-state index is 13.5. The van der Waals surface area contributed by atoms with E-state index in [2.05, 4.69) is 50.4 Å². The zero-order valence-electron chi connectivity index (χ0n) is 35.6. The van der Waals surface area contributed by atoms with Gasteiger partial charge in [0.25, 0.3) is 11.5 Å². The number of pyridine rings is 2. The number of carbonyl (C=O) groups excluding carboxylic acids is 4. The fourth-order valence-electron chi connectivity index (χ4n) is 7.76. The number of ether oxygens (including phenoxy) is 2. The summed E-state index contributed by atoms with van der Waals surface area (Å²) < 4.78 is 16.9. The first-order valence-corrected chi connectivity index (χ1v) is 21.9. The van der Waals surface area contributed by atoms with E-state index in [9.17, 15) is 24.0 Å². The molecule has 332 valence electrons. The highest BCUT2D eigenvalue weighted by atomic mass is 32.1. The van der Waals surface area contributed by atoms with Crippen molar-refractivity contribution in [3.8, 4) is 0 Å². The van der Waals surface area contributed by atoms with Crippen LogP contribution in [0.3, 0.4) is 0 Å². The Labute approximate surface area is 368 Å². The number of benzene rings is 1. The van der Waals surface area contributed by atoms with E-state index < -0.39 is 5.91 Å². The Hall–Kier alpha value is -6.22.